The average molecular weight is 294 g/mol. The SMILES string of the molecule is Cc1cc([C@@H](C)N)c2nc(-c3cccnc3)n(C)c(=O)c2c1. The van der Waals surface area contributed by atoms with Gasteiger partial charge in [-0.2, -0.15) is 0 Å². The van der Waals surface area contributed by atoms with Crippen molar-refractivity contribution in [3.63, 3.8) is 0 Å². The van der Waals surface area contributed by atoms with Crippen LogP contribution in [0.3, 0.4) is 0 Å². The molecule has 0 saturated heterocycles. The summed E-state index contributed by atoms with van der Waals surface area (Å²) in [6.07, 6.45) is 3.40. The lowest BCUT2D eigenvalue weighted by molar-refractivity contribution is 0.813. The zero-order valence-electron chi connectivity index (χ0n) is 12.9. The van der Waals surface area contributed by atoms with Gasteiger partial charge in [0.25, 0.3) is 5.56 Å². The molecule has 0 unspecified atom stereocenters. The number of nitrogens with zero attached hydrogens (tertiary/aromatic N) is 3. The molecule has 0 aliphatic heterocycles. The molecule has 112 valence electrons. The number of aryl methyl sites for hydroxylation is 1. The fourth-order valence-electron chi connectivity index (χ4n) is 2.65. The maximum Gasteiger partial charge on any atom is 0.261 e. The summed E-state index contributed by atoms with van der Waals surface area (Å²) in [5, 5.41) is 0.599. The minimum absolute atomic E-state index is 0.0746. The fraction of sp³-hybridized carbons (Fsp3) is 0.235. The van der Waals surface area contributed by atoms with Gasteiger partial charge >= 0.3 is 0 Å². The number of pyridine rings is 1. The Kier molecular flexibility index (Phi) is 3.50. The normalized spacial score (nSPS) is 12.5. The van der Waals surface area contributed by atoms with Crippen molar-refractivity contribution in [2.75, 3.05) is 0 Å². The van der Waals surface area contributed by atoms with Crippen LogP contribution in [0.5, 0.6) is 0 Å². The predicted octanol–water partition coefficient (Wildman–Crippen LogP) is 2.32. The van der Waals surface area contributed by atoms with Gasteiger partial charge in [0.2, 0.25) is 0 Å². The highest BCUT2D eigenvalue weighted by atomic mass is 16.1. The maximum atomic E-state index is 12.7. The van der Waals surface area contributed by atoms with E-state index in [0.717, 1.165) is 16.7 Å². The molecule has 1 aromatic carbocycles. The second kappa shape index (κ2) is 5.35. The van der Waals surface area contributed by atoms with Crippen molar-refractivity contribution in [1.82, 2.24) is 14.5 Å². The molecule has 2 N–H and O–H groups in total. The lowest BCUT2D eigenvalue weighted by atomic mass is 10.0. The molecule has 0 bridgehead atoms. The van der Waals surface area contributed by atoms with Gasteiger partial charge in [-0.1, -0.05) is 6.07 Å². The zero-order chi connectivity index (χ0) is 15.9. The summed E-state index contributed by atoms with van der Waals surface area (Å²) in [6, 6.07) is 7.38. The van der Waals surface area contributed by atoms with Crippen molar-refractivity contribution in [2.24, 2.45) is 12.8 Å². The molecule has 3 aromatic rings. The Balaban J connectivity index is 2.43. The first-order valence-electron chi connectivity index (χ1n) is 7.16. The highest BCUT2D eigenvalue weighted by molar-refractivity contribution is 5.84. The van der Waals surface area contributed by atoms with E-state index in [-0.39, 0.29) is 11.6 Å². The van der Waals surface area contributed by atoms with Crippen LogP contribution in [0.25, 0.3) is 22.3 Å². The minimum atomic E-state index is -0.191. The van der Waals surface area contributed by atoms with Gasteiger partial charge in [-0.15, -0.1) is 0 Å². The van der Waals surface area contributed by atoms with E-state index in [1.807, 2.05) is 38.1 Å². The predicted molar refractivity (Wildman–Crippen MR) is 87.6 cm³/mol. The fourth-order valence-corrected chi connectivity index (χ4v) is 2.65. The van der Waals surface area contributed by atoms with Crippen LogP contribution in [0.4, 0.5) is 0 Å². The molecule has 0 aliphatic rings. The van der Waals surface area contributed by atoms with Crippen molar-refractivity contribution in [3.05, 3.63) is 58.1 Å². The van der Waals surface area contributed by atoms with Gasteiger partial charge in [0.1, 0.15) is 5.82 Å². The van der Waals surface area contributed by atoms with Gasteiger partial charge in [-0.3, -0.25) is 14.3 Å². The maximum absolute atomic E-state index is 12.7. The standard InChI is InChI=1S/C17H18N4O/c1-10-7-13(11(2)18)15-14(8-10)17(22)21(3)16(20-15)12-5-4-6-19-9-12/h4-9,11H,18H2,1-3H3/t11-/m1/s1. The van der Waals surface area contributed by atoms with Crippen molar-refractivity contribution >= 4 is 10.9 Å². The van der Waals surface area contributed by atoms with Gasteiger partial charge in [0.15, 0.2) is 0 Å². The molecule has 0 spiro atoms. The Bertz CT molecular complexity index is 898. The first-order chi connectivity index (χ1) is 10.5. The van der Waals surface area contributed by atoms with Gasteiger partial charge in [0.05, 0.1) is 10.9 Å². The van der Waals surface area contributed by atoms with E-state index in [4.69, 9.17) is 10.7 Å². The monoisotopic (exact) mass is 294 g/mol. The van der Waals surface area contributed by atoms with E-state index in [1.165, 1.54) is 0 Å². The second-order valence-electron chi connectivity index (χ2n) is 5.58. The van der Waals surface area contributed by atoms with E-state index in [2.05, 4.69) is 4.98 Å². The number of aromatic nitrogens is 3. The Hall–Kier alpha value is -2.53. The third-order valence-corrected chi connectivity index (χ3v) is 3.76. The van der Waals surface area contributed by atoms with Crippen molar-refractivity contribution < 1.29 is 0 Å². The average Bonchev–Trinajstić information content (AvgIpc) is 2.51. The van der Waals surface area contributed by atoms with Crippen LogP contribution in [0.2, 0.25) is 0 Å². The molecule has 5 heteroatoms. The number of fused-ring (bicyclic) bond motifs is 1. The highest BCUT2D eigenvalue weighted by Gasteiger charge is 2.15. The molecule has 2 heterocycles. The Morgan fingerprint density at radius 3 is 2.73 bits per heavy atom. The second-order valence-corrected chi connectivity index (χ2v) is 5.58. The van der Waals surface area contributed by atoms with Gasteiger partial charge in [-0.25, -0.2) is 4.98 Å². The van der Waals surface area contributed by atoms with E-state index < -0.39 is 0 Å². The minimum Gasteiger partial charge on any atom is -0.324 e. The number of rotatable bonds is 2. The van der Waals surface area contributed by atoms with Crippen LogP contribution < -0.4 is 11.3 Å². The summed E-state index contributed by atoms with van der Waals surface area (Å²) in [5.74, 6) is 0.594. The van der Waals surface area contributed by atoms with Crippen molar-refractivity contribution in [1.29, 1.82) is 0 Å². The molecule has 22 heavy (non-hydrogen) atoms. The van der Waals surface area contributed by atoms with Gasteiger partial charge in [-0.05, 0) is 43.2 Å². The van der Waals surface area contributed by atoms with E-state index >= 15 is 0 Å². The lowest BCUT2D eigenvalue weighted by Gasteiger charge is -2.14. The highest BCUT2D eigenvalue weighted by Crippen LogP contribution is 2.24. The Labute approximate surface area is 128 Å². The topological polar surface area (TPSA) is 73.8 Å². The van der Waals surface area contributed by atoms with Crippen LogP contribution in [0, 0.1) is 6.92 Å². The quantitative estimate of drug-likeness (QED) is 0.787. The summed E-state index contributed by atoms with van der Waals surface area (Å²) in [6.45, 7) is 3.86. The summed E-state index contributed by atoms with van der Waals surface area (Å²) in [7, 11) is 1.73. The largest absolute Gasteiger partial charge is 0.324 e. The molecule has 0 amide bonds. The first kappa shape index (κ1) is 14.4. The molecule has 0 radical (unpaired) electrons. The van der Waals surface area contributed by atoms with Crippen LogP contribution in [-0.4, -0.2) is 14.5 Å². The number of nitrogens with two attached hydrogens (primary N) is 1. The Morgan fingerprint density at radius 2 is 2.09 bits per heavy atom. The number of hydrogen-bond acceptors (Lipinski definition) is 4. The molecule has 0 aliphatic carbocycles. The van der Waals surface area contributed by atoms with E-state index in [9.17, 15) is 4.79 Å². The molecule has 0 saturated carbocycles. The van der Waals surface area contributed by atoms with Gasteiger partial charge in [0, 0.05) is 31.0 Å². The van der Waals surface area contributed by atoms with E-state index in [1.54, 1.807) is 24.0 Å². The van der Waals surface area contributed by atoms with Crippen LogP contribution in [0.15, 0.2) is 41.5 Å². The van der Waals surface area contributed by atoms with Crippen molar-refractivity contribution in [3.8, 4) is 11.4 Å². The van der Waals surface area contributed by atoms with Crippen LogP contribution >= 0.6 is 0 Å². The Morgan fingerprint density at radius 1 is 1.32 bits per heavy atom. The zero-order valence-corrected chi connectivity index (χ0v) is 12.9. The van der Waals surface area contributed by atoms with Crippen molar-refractivity contribution in [2.45, 2.75) is 19.9 Å². The molecular weight excluding hydrogens is 276 g/mol. The lowest BCUT2D eigenvalue weighted by Crippen LogP contribution is -2.21. The third-order valence-electron chi connectivity index (χ3n) is 3.76. The number of benzene rings is 1. The first-order valence-corrected chi connectivity index (χ1v) is 7.16. The molecule has 1 atom stereocenters. The molecular formula is C17H18N4O. The molecule has 2 aromatic heterocycles. The van der Waals surface area contributed by atoms with Gasteiger partial charge < -0.3 is 5.73 Å². The summed E-state index contributed by atoms with van der Waals surface area (Å²) in [5.41, 5.74) is 9.36. The molecule has 0 fully saturated rings. The smallest absolute Gasteiger partial charge is 0.261 e. The van der Waals surface area contributed by atoms with Crippen LogP contribution in [0.1, 0.15) is 24.1 Å². The summed E-state index contributed by atoms with van der Waals surface area (Å²) < 4.78 is 1.56. The van der Waals surface area contributed by atoms with E-state index in [0.29, 0.717) is 16.7 Å². The molecule has 5 nitrogen and oxygen atoms in total. The third kappa shape index (κ3) is 2.29. The summed E-state index contributed by atoms with van der Waals surface area (Å²) >= 11 is 0. The molecule has 3 rings (SSSR count). The number of hydrogen-bond donors (Lipinski definition) is 1. The summed E-state index contributed by atoms with van der Waals surface area (Å²) in [4.78, 5) is 21.5. The van der Waals surface area contributed by atoms with Crippen LogP contribution in [-0.2, 0) is 7.05 Å².